The van der Waals surface area contributed by atoms with Gasteiger partial charge in [0.25, 0.3) is 0 Å². The second-order valence-electron chi connectivity index (χ2n) is 3.79. The molecule has 1 heterocycles. The molecular weight excluding hydrogens is 188 g/mol. The zero-order valence-electron chi connectivity index (χ0n) is 9.12. The van der Waals surface area contributed by atoms with Gasteiger partial charge in [0.15, 0.2) is 0 Å². The standard InChI is InChI=1S/C12H16N2O/c1-3-8-4-5-10(15)11-9(6-13)7-14(2)12(8)11/h4-5,7,15H,3,6,13H2,1-2H3. The quantitative estimate of drug-likeness (QED) is 0.785. The molecule has 0 aliphatic carbocycles. The maximum atomic E-state index is 9.85. The summed E-state index contributed by atoms with van der Waals surface area (Å²) in [6.07, 6.45) is 2.95. The number of nitrogens with two attached hydrogens (primary N) is 1. The van der Waals surface area contributed by atoms with Crippen LogP contribution < -0.4 is 5.73 Å². The lowest BCUT2D eigenvalue weighted by Crippen LogP contribution is -1.94. The number of aryl methyl sites for hydroxylation is 2. The van der Waals surface area contributed by atoms with Crippen molar-refractivity contribution in [2.45, 2.75) is 19.9 Å². The highest BCUT2D eigenvalue weighted by Gasteiger charge is 2.12. The first-order chi connectivity index (χ1) is 7.19. The van der Waals surface area contributed by atoms with E-state index in [-0.39, 0.29) is 0 Å². The van der Waals surface area contributed by atoms with Gasteiger partial charge in [-0.25, -0.2) is 0 Å². The summed E-state index contributed by atoms with van der Waals surface area (Å²) in [6, 6.07) is 3.72. The van der Waals surface area contributed by atoms with Crippen molar-refractivity contribution in [3.05, 3.63) is 29.5 Å². The predicted molar refractivity (Wildman–Crippen MR) is 61.9 cm³/mol. The van der Waals surface area contributed by atoms with Gasteiger partial charge in [-0.05, 0) is 23.6 Å². The Kier molecular flexibility index (Phi) is 2.40. The first kappa shape index (κ1) is 10.1. The number of aromatic nitrogens is 1. The molecular formula is C12H16N2O. The molecule has 0 saturated carbocycles. The van der Waals surface area contributed by atoms with Crippen LogP contribution in [0.25, 0.3) is 10.9 Å². The Balaban J connectivity index is 2.89. The summed E-state index contributed by atoms with van der Waals surface area (Å²) in [4.78, 5) is 0. The van der Waals surface area contributed by atoms with Crippen LogP contribution in [0.2, 0.25) is 0 Å². The Morgan fingerprint density at radius 2 is 2.07 bits per heavy atom. The van der Waals surface area contributed by atoms with Gasteiger partial charge in [-0.3, -0.25) is 0 Å². The van der Waals surface area contributed by atoms with Crippen LogP contribution in [0.15, 0.2) is 18.3 Å². The van der Waals surface area contributed by atoms with E-state index < -0.39 is 0 Å². The third-order valence-electron chi connectivity index (χ3n) is 2.86. The second kappa shape index (κ2) is 3.59. The smallest absolute Gasteiger partial charge is 0.125 e. The van der Waals surface area contributed by atoms with Crippen LogP contribution in [-0.2, 0) is 20.0 Å². The Morgan fingerprint density at radius 1 is 1.33 bits per heavy atom. The van der Waals surface area contributed by atoms with E-state index in [1.165, 1.54) is 5.56 Å². The summed E-state index contributed by atoms with van der Waals surface area (Å²) in [5.41, 5.74) is 9.00. The van der Waals surface area contributed by atoms with Gasteiger partial charge in [0, 0.05) is 25.2 Å². The summed E-state index contributed by atoms with van der Waals surface area (Å²) < 4.78 is 2.04. The van der Waals surface area contributed by atoms with Gasteiger partial charge < -0.3 is 15.4 Å². The third kappa shape index (κ3) is 1.39. The van der Waals surface area contributed by atoms with Gasteiger partial charge in [-0.2, -0.15) is 0 Å². The molecule has 3 N–H and O–H groups in total. The molecule has 0 fully saturated rings. The van der Waals surface area contributed by atoms with E-state index in [9.17, 15) is 5.11 Å². The van der Waals surface area contributed by atoms with Gasteiger partial charge in [0.2, 0.25) is 0 Å². The lowest BCUT2D eigenvalue weighted by Gasteiger charge is -2.05. The molecule has 15 heavy (non-hydrogen) atoms. The lowest BCUT2D eigenvalue weighted by atomic mass is 10.1. The molecule has 3 heteroatoms. The van der Waals surface area contributed by atoms with Crippen molar-refractivity contribution in [1.82, 2.24) is 4.57 Å². The van der Waals surface area contributed by atoms with Crippen molar-refractivity contribution in [3.8, 4) is 5.75 Å². The van der Waals surface area contributed by atoms with E-state index in [1.54, 1.807) is 6.07 Å². The molecule has 0 radical (unpaired) electrons. The molecule has 0 amide bonds. The van der Waals surface area contributed by atoms with E-state index >= 15 is 0 Å². The first-order valence-corrected chi connectivity index (χ1v) is 5.17. The zero-order valence-corrected chi connectivity index (χ0v) is 9.12. The van der Waals surface area contributed by atoms with Crippen LogP contribution in [0.5, 0.6) is 5.75 Å². The van der Waals surface area contributed by atoms with Crippen LogP contribution in [0.1, 0.15) is 18.1 Å². The summed E-state index contributed by atoms with van der Waals surface area (Å²) in [5, 5.41) is 10.7. The van der Waals surface area contributed by atoms with Crippen LogP contribution in [0, 0.1) is 0 Å². The maximum Gasteiger partial charge on any atom is 0.125 e. The number of aromatic hydroxyl groups is 1. The van der Waals surface area contributed by atoms with Gasteiger partial charge >= 0.3 is 0 Å². The van der Waals surface area contributed by atoms with Crippen LogP contribution in [0.4, 0.5) is 0 Å². The highest BCUT2D eigenvalue weighted by molar-refractivity contribution is 5.92. The van der Waals surface area contributed by atoms with E-state index in [1.807, 2.05) is 23.9 Å². The molecule has 1 aromatic heterocycles. The van der Waals surface area contributed by atoms with Crippen LogP contribution in [-0.4, -0.2) is 9.67 Å². The van der Waals surface area contributed by atoms with E-state index in [4.69, 9.17) is 5.73 Å². The fourth-order valence-electron chi connectivity index (χ4n) is 2.15. The van der Waals surface area contributed by atoms with E-state index in [2.05, 4.69) is 6.92 Å². The number of hydrogen-bond donors (Lipinski definition) is 2. The molecule has 0 spiro atoms. The number of phenolic OH excluding ortho intramolecular Hbond substituents is 1. The number of phenols is 1. The normalized spacial score (nSPS) is 11.1. The highest BCUT2D eigenvalue weighted by atomic mass is 16.3. The molecule has 0 unspecified atom stereocenters. The fraction of sp³-hybridized carbons (Fsp3) is 0.333. The molecule has 2 aromatic rings. The minimum atomic E-state index is 0.322. The number of benzene rings is 1. The van der Waals surface area contributed by atoms with Crippen molar-refractivity contribution >= 4 is 10.9 Å². The van der Waals surface area contributed by atoms with Crippen molar-refractivity contribution < 1.29 is 5.11 Å². The molecule has 1 aromatic carbocycles. The summed E-state index contributed by atoms with van der Waals surface area (Å²) in [7, 11) is 1.99. The molecule has 0 aliphatic rings. The van der Waals surface area contributed by atoms with E-state index in [0.29, 0.717) is 12.3 Å². The van der Waals surface area contributed by atoms with Crippen molar-refractivity contribution in [3.63, 3.8) is 0 Å². The summed E-state index contributed by atoms with van der Waals surface area (Å²) >= 11 is 0. The summed E-state index contributed by atoms with van der Waals surface area (Å²) in [6.45, 7) is 2.57. The number of rotatable bonds is 2. The van der Waals surface area contributed by atoms with Gasteiger partial charge in [-0.15, -0.1) is 0 Å². The maximum absolute atomic E-state index is 9.85. The minimum Gasteiger partial charge on any atom is -0.507 e. The fourth-order valence-corrected chi connectivity index (χ4v) is 2.15. The Morgan fingerprint density at radius 3 is 2.67 bits per heavy atom. The SMILES string of the molecule is CCc1ccc(O)c2c(CN)cn(C)c12. The average Bonchev–Trinajstić information content (AvgIpc) is 2.58. The molecule has 3 nitrogen and oxygen atoms in total. The minimum absolute atomic E-state index is 0.322. The third-order valence-corrected chi connectivity index (χ3v) is 2.86. The Hall–Kier alpha value is -1.48. The number of nitrogens with zero attached hydrogens (tertiary/aromatic N) is 1. The molecule has 0 saturated heterocycles. The molecule has 0 bridgehead atoms. The van der Waals surface area contributed by atoms with Gasteiger partial charge in [-0.1, -0.05) is 13.0 Å². The molecule has 80 valence electrons. The van der Waals surface area contributed by atoms with Gasteiger partial charge in [0.05, 0.1) is 5.52 Å². The van der Waals surface area contributed by atoms with Crippen molar-refractivity contribution in [2.24, 2.45) is 12.8 Å². The average molecular weight is 204 g/mol. The monoisotopic (exact) mass is 204 g/mol. The van der Waals surface area contributed by atoms with Crippen LogP contribution in [0.3, 0.4) is 0 Å². The summed E-state index contributed by atoms with van der Waals surface area (Å²) in [5.74, 6) is 0.322. The lowest BCUT2D eigenvalue weighted by molar-refractivity contribution is 0.481. The number of fused-ring (bicyclic) bond motifs is 1. The Labute approximate surface area is 89.1 Å². The molecule has 2 rings (SSSR count). The van der Waals surface area contributed by atoms with Crippen molar-refractivity contribution in [2.75, 3.05) is 0 Å². The highest BCUT2D eigenvalue weighted by Crippen LogP contribution is 2.31. The van der Waals surface area contributed by atoms with E-state index in [0.717, 1.165) is 22.9 Å². The molecule has 0 atom stereocenters. The predicted octanol–water partition coefficient (Wildman–Crippen LogP) is 1.90. The second-order valence-corrected chi connectivity index (χ2v) is 3.79. The van der Waals surface area contributed by atoms with Gasteiger partial charge in [0.1, 0.15) is 5.75 Å². The zero-order chi connectivity index (χ0) is 11.0. The largest absolute Gasteiger partial charge is 0.507 e. The number of hydrogen-bond acceptors (Lipinski definition) is 2. The van der Waals surface area contributed by atoms with Crippen LogP contribution >= 0.6 is 0 Å². The molecule has 0 aliphatic heterocycles. The topological polar surface area (TPSA) is 51.2 Å². The van der Waals surface area contributed by atoms with Crippen molar-refractivity contribution in [1.29, 1.82) is 0 Å². The Bertz CT molecular complexity index is 500. The first-order valence-electron chi connectivity index (χ1n) is 5.17.